The second kappa shape index (κ2) is 5.49. The van der Waals surface area contributed by atoms with Gasteiger partial charge in [0.15, 0.2) is 0 Å². The van der Waals surface area contributed by atoms with E-state index in [2.05, 4.69) is 35.5 Å². The Labute approximate surface area is 125 Å². The number of carbonyl (C=O) groups is 1. The van der Waals surface area contributed by atoms with Crippen LogP contribution in [0.4, 0.5) is 0 Å². The molecule has 1 aromatic rings. The Balaban J connectivity index is 1.88. The molecule has 2 atom stereocenters. The maximum atomic E-state index is 13.1. The van der Waals surface area contributed by atoms with E-state index < -0.39 is 0 Å². The van der Waals surface area contributed by atoms with Crippen LogP contribution in [0.2, 0.25) is 0 Å². The second-order valence-electron chi connectivity index (χ2n) is 5.94. The molecule has 2 aliphatic heterocycles. The Morgan fingerprint density at radius 2 is 2.40 bits per heavy atom. The summed E-state index contributed by atoms with van der Waals surface area (Å²) in [7, 11) is 0. The molecule has 4 heteroatoms. The van der Waals surface area contributed by atoms with Gasteiger partial charge in [-0.15, -0.1) is 11.3 Å². The molecule has 1 saturated heterocycles. The lowest BCUT2D eigenvalue weighted by Gasteiger charge is -2.41. The minimum Gasteiger partial charge on any atom is -0.334 e. The molecule has 2 aliphatic rings. The van der Waals surface area contributed by atoms with Gasteiger partial charge in [0.2, 0.25) is 5.91 Å². The molecular weight excluding hydrogens is 268 g/mol. The van der Waals surface area contributed by atoms with E-state index in [1.807, 2.05) is 11.3 Å². The number of hydrogen-bond donors (Lipinski definition) is 1. The number of hydrogen-bond acceptors (Lipinski definition) is 3. The van der Waals surface area contributed by atoms with E-state index in [1.54, 1.807) is 0 Å². The first-order valence-corrected chi connectivity index (χ1v) is 8.72. The number of nitrogens with one attached hydrogen (secondary N) is 1. The van der Waals surface area contributed by atoms with Gasteiger partial charge in [-0.25, -0.2) is 0 Å². The Morgan fingerprint density at radius 1 is 1.55 bits per heavy atom. The van der Waals surface area contributed by atoms with Crippen LogP contribution in [0.5, 0.6) is 0 Å². The average molecular weight is 292 g/mol. The van der Waals surface area contributed by atoms with E-state index in [1.165, 1.54) is 10.4 Å². The van der Waals surface area contributed by atoms with Crippen LogP contribution >= 0.6 is 11.3 Å². The van der Waals surface area contributed by atoms with Gasteiger partial charge in [-0.3, -0.25) is 4.79 Å². The van der Waals surface area contributed by atoms with Gasteiger partial charge in [0, 0.05) is 11.4 Å². The van der Waals surface area contributed by atoms with Crippen LogP contribution in [0.25, 0.3) is 0 Å². The van der Waals surface area contributed by atoms with Gasteiger partial charge in [-0.2, -0.15) is 0 Å². The minimum absolute atomic E-state index is 0.281. The number of nitrogens with zero attached hydrogens (tertiary/aromatic N) is 1. The van der Waals surface area contributed by atoms with Crippen LogP contribution in [0.1, 0.15) is 56.0 Å². The highest BCUT2D eigenvalue weighted by Crippen LogP contribution is 2.38. The van der Waals surface area contributed by atoms with Crippen LogP contribution in [0, 0.1) is 0 Å². The maximum Gasteiger partial charge on any atom is 0.243 e. The topological polar surface area (TPSA) is 32.3 Å². The molecule has 1 aromatic heterocycles. The first kappa shape index (κ1) is 14.1. The predicted molar refractivity (Wildman–Crippen MR) is 83.0 cm³/mol. The first-order chi connectivity index (χ1) is 9.72. The number of fused-ring (bicyclic) bond motifs is 1. The summed E-state index contributed by atoms with van der Waals surface area (Å²) in [5.74, 6) is 0.334. The smallest absolute Gasteiger partial charge is 0.243 e. The molecule has 0 aromatic carbocycles. The van der Waals surface area contributed by atoms with E-state index in [-0.39, 0.29) is 11.6 Å². The van der Waals surface area contributed by atoms with Gasteiger partial charge >= 0.3 is 0 Å². The Morgan fingerprint density at radius 3 is 3.05 bits per heavy atom. The third kappa shape index (κ3) is 2.09. The van der Waals surface area contributed by atoms with Gasteiger partial charge in [0.1, 0.15) is 0 Å². The number of rotatable bonds is 3. The highest BCUT2D eigenvalue weighted by Gasteiger charge is 2.44. The molecule has 3 nitrogen and oxygen atoms in total. The van der Waals surface area contributed by atoms with Gasteiger partial charge in [0.05, 0.1) is 11.6 Å². The molecule has 3 rings (SSSR count). The molecule has 0 bridgehead atoms. The monoisotopic (exact) mass is 292 g/mol. The van der Waals surface area contributed by atoms with E-state index in [0.29, 0.717) is 5.91 Å². The predicted octanol–water partition coefficient (Wildman–Crippen LogP) is 3.12. The van der Waals surface area contributed by atoms with E-state index in [9.17, 15) is 4.79 Å². The molecule has 20 heavy (non-hydrogen) atoms. The summed E-state index contributed by atoms with van der Waals surface area (Å²) in [6, 6.07) is 2.50. The van der Waals surface area contributed by atoms with Gasteiger partial charge in [-0.1, -0.05) is 13.8 Å². The molecule has 0 spiro atoms. The van der Waals surface area contributed by atoms with Gasteiger partial charge < -0.3 is 10.2 Å². The molecule has 1 amide bonds. The molecule has 110 valence electrons. The van der Waals surface area contributed by atoms with Crippen molar-refractivity contribution in [2.45, 2.75) is 57.5 Å². The fourth-order valence-electron chi connectivity index (χ4n) is 3.80. The quantitative estimate of drug-likeness (QED) is 0.928. The van der Waals surface area contributed by atoms with Crippen molar-refractivity contribution in [2.75, 3.05) is 13.1 Å². The average Bonchev–Trinajstić information content (AvgIpc) is 3.14. The Kier molecular flexibility index (Phi) is 3.87. The van der Waals surface area contributed by atoms with E-state index in [0.717, 1.165) is 45.2 Å². The summed E-state index contributed by atoms with van der Waals surface area (Å²) in [5, 5.41) is 5.66. The Bertz CT molecular complexity index is 490. The zero-order valence-electron chi connectivity index (χ0n) is 12.4. The molecule has 0 radical (unpaired) electrons. The highest BCUT2D eigenvalue weighted by molar-refractivity contribution is 7.10. The Hall–Kier alpha value is -0.870. The molecular formula is C16H24N2OS. The molecule has 1 N–H and O–H groups in total. The number of carbonyl (C=O) groups excluding carboxylic acids is 1. The summed E-state index contributed by atoms with van der Waals surface area (Å²) in [4.78, 5) is 16.7. The summed E-state index contributed by atoms with van der Waals surface area (Å²) in [6.07, 6.45) is 5.04. The fourth-order valence-corrected chi connectivity index (χ4v) is 4.72. The van der Waals surface area contributed by atoms with Crippen LogP contribution in [-0.4, -0.2) is 29.4 Å². The first-order valence-electron chi connectivity index (χ1n) is 7.84. The van der Waals surface area contributed by atoms with Crippen molar-refractivity contribution in [3.8, 4) is 0 Å². The fraction of sp³-hybridized carbons (Fsp3) is 0.688. The second-order valence-corrected chi connectivity index (χ2v) is 6.94. The zero-order valence-corrected chi connectivity index (χ0v) is 13.3. The van der Waals surface area contributed by atoms with Crippen molar-refractivity contribution in [2.24, 2.45) is 0 Å². The zero-order chi connectivity index (χ0) is 14.2. The lowest BCUT2D eigenvalue weighted by molar-refractivity contribution is -0.141. The van der Waals surface area contributed by atoms with E-state index in [4.69, 9.17) is 0 Å². The SMILES string of the molecule is CCC1c2ccsc2CCN1C(=O)C1(CC)CCCN1. The lowest BCUT2D eigenvalue weighted by Crippen LogP contribution is -2.56. The van der Waals surface area contributed by atoms with Crippen LogP contribution < -0.4 is 5.32 Å². The molecule has 0 aliphatic carbocycles. The maximum absolute atomic E-state index is 13.1. The van der Waals surface area contributed by atoms with Crippen LogP contribution in [0.3, 0.4) is 0 Å². The lowest BCUT2D eigenvalue weighted by atomic mass is 9.89. The summed E-state index contributed by atoms with van der Waals surface area (Å²) in [5.41, 5.74) is 1.10. The molecule has 3 heterocycles. The van der Waals surface area contributed by atoms with Crippen molar-refractivity contribution in [1.29, 1.82) is 0 Å². The van der Waals surface area contributed by atoms with Crippen LogP contribution in [0.15, 0.2) is 11.4 Å². The third-order valence-electron chi connectivity index (χ3n) is 5.00. The van der Waals surface area contributed by atoms with Crippen molar-refractivity contribution >= 4 is 17.2 Å². The van der Waals surface area contributed by atoms with Crippen LogP contribution in [-0.2, 0) is 11.2 Å². The van der Waals surface area contributed by atoms with Crippen molar-refractivity contribution < 1.29 is 4.79 Å². The highest BCUT2D eigenvalue weighted by atomic mass is 32.1. The van der Waals surface area contributed by atoms with Gasteiger partial charge in [-0.05, 0) is 55.7 Å². The minimum atomic E-state index is -0.291. The van der Waals surface area contributed by atoms with Crippen molar-refractivity contribution in [3.05, 3.63) is 21.9 Å². The van der Waals surface area contributed by atoms with Crippen molar-refractivity contribution in [1.82, 2.24) is 10.2 Å². The normalized spacial score (nSPS) is 29.5. The molecule has 1 fully saturated rings. The van der Waals surface area contributed by atoms with Gasteiger partial charge in [0.25, 0.3) is 0 Å². The molecule has 2 unspecified atom stereocenters. The third-order valence-corrected chi connectivity index (χ3v) is 6.00. The summed E-state index contributed by atoms with van der Waals surface area (Å²) >= 11 is 1.84. The summed E-state index contributed by atoms with van der Waals surface area (Å²) in [6.45, 7) is 6.19. The molecule has 0 saturated carbocycles. The standard InChI is InChI=1S/C16H24N2OS/c1-3-13-12-7-11-20-14(12)6-10-18(13)15(19)16(4-2)8-5-9-17-16/h7,11,13,17H,3-6,8-10H2,1-2H3. The van der Waals surface area contributed by atoms with Crippen molar-refractivity contribution in [3.63, 3.8) is 0 Å². The number of thiophene rings is 1. The number of amides is 1. The summed E-state index contributed by atoms with van der Waals surface area (Å²) < 4.78 is 0. The van der Waals surface area contributed by atoms with E-state index >= 15 is 0 Å². The largest absolute Gasteiger partial charge is 0.334 e.